The monoisotopic (exact) mass is 199 g/mol. The molecule has 14 heavy (non-hydrogen) atoms. The Bertz CT molecular complexity index is 132. The summed E-state index contributed by atoms with van der Waals surface area (Å²) in [5.41, 5.74) is 0. The summed E-state index contributed by atoms with van der Waals surface area (Å²) >= 11 is 0. The van der Waals surface area contributed by atoms with E-state index < -0.39 is 0 Å². The van der Waals surface area contributed by atoms with Gasteiger partial charge in [-0.25, -0.2) is 0 Å². The average Bonchev–Trinajstić information content (AvgIpc) is 2.20. The molecule has 1 aliphatic carbocycles. The number of ether oxygens (including phenoxy) is 1. The van der Waals surface area contributed by atoms with Gasteiger partial charge in [-0.1, -0.05) is 26.2 Å². The van der Waals surface area contributed by atoms with Crippen molar-refractivity contribution in [3.05, 3.63) is 0 Å². The highest BCUT2D eigenvalue weighted by Gasteiger charge is 2.16. The first-order chi connectivity index (χ1) is 6.83. The molecule has 1 unspecified atom stereocenters. The number of nitrogens with one attached hydrogen (secondary N) is 1. The standard InChI is InChI=1S/C12H25NO/c1-3-9-13-10-11(2)14-12-7-5-4-6-8-12/h11-13H,3-10H2,1-2H3. The van der Waals surface area contributed by atoms with E-state index in [0.29, 0.717) is 12.2 Å². The summed E-state index contributed by atoms with van der Waals surface area (Å²) in [6.45, 7) is 6.49. The minimum Gasteiger partial charge on any atom is -0.374 e. The van der Waals surface area contributed by atoms with E-state index in [9.17, 15) is 0 Å². The minimum atomic E-state index is 0.379. The maximum absolute atomic E-state index is 5.98. The molecule has 0 aromatic carbocycles. The van der Waals surface area contributed by atoms with Crippen molar-refractivity contribution in [1.82, 2.24) is 5.32 Å². The lowest BCUT2D eigenvalue weighted by atomic mass is 9.98. The Kier molecular flexibility index (Phi) is 6.20. The van der Waals surface area contributed by atoms with Crippen molar-refractivity contribution in [2.45, 2.75) is 64.6 Å². The molecule has 84 valence electrons. The first kappa shape index (κ1) is 12.0. The summed E-state index contributed by atoms with van der Waals surface area (Å²) in [5.74, 6) is 0. The van der Waals surface area contributed by atoms with Gasteiger partial charge in [-0.3, -0.25) is 0 Å². The molecule has 0 saturated heterocycles. The van der Waals surface area contributed by atoms with Gasteiger partial charge in [-0.15, -0.1) is 0 Å². The van der Waals surface area contributed by atoms with Gasteiger partial charge in [0.1, 0.15) is 0 Å². The van der Waals surface area contributed by atoms with Crippen LogP contribution >= 0.6 is 0 Å². The van der Waals surface area contributed by atoms with E-state index >= 15 is 0 Å². The smallest absolute Gasteiger partial charge is 0.0675 e. The van der Waals surface area contributed by atoms with Gasteiger partial charge in [0.25, 0.3) is 0 Å². The Labute approximate surface area is 88.4 Å². The molecule has 0 amide bonds. The topological polar surface area (TPSA) is 21.3 Å². The summed E-state index contributed by atoms with van der Waals surface area (Å²) in [6, 6.07) is 0. The fourth-order valence-corrected chi connectivity index (χ4v) is 2.06. The van der Waals surface area contributed by atoms with Crippen LogP contribution in [0.1, 0.15) is 52.4 Å². The highest BCUT2D eigenvalue weighted by atomic mass is 16.5. The third-order valence-corrected chi connectivity index (χ3v) is 2.84. The Morgan fingerprint density at radius 2 is 2.00 bits per heavy atom. The zero-order valence-electron chi connectivity index (χ0n) is 9.72. The predicted octanol–water partition coefficient (Wildman–Crippen LogP) is 2.72. The van der Waals surface area contributed by atoms with Crippen LogP contribution < -0.4 is 5.32 Å². The maximum atomic E-state index is 5.98. The first-order valence-electron chi connectivity index (χ1n) is 6.19. The molecule has 0 aliphatic heterocycles. The van der Waals surface area contributed by atoms with Gasteiger partial charge >= 0.3 is 0 Å². The van der Waals surface area contributed by atoms with E-state index in [1.54, 1.807) is 0 Å². The average molecular weight is 199 g/mol. The third kappa shape index (κ3) is 4.97. The molecule has 1 rings (SSSR count). The van der Waals surface area contributed by atoms with E-state index in [-0.39, 0.29) is 0 Å². The SMILES string of the molecule is CCCNCC(C)OC1CCCCC1. The van der Waals surface area contributed by atoms with Gasteiger partial charge in [-0.2, -0.15) is 0 Å². The molecule has 0 spiro atoms. The van der Waals surface area contributed by atoms with Crippen molar-refractivity contribution in [3.63, 3.8) is 0 Å². The van der Waals surface area contributed by atoms with Crippen LogP contribution in [0.4, 0.5) is 0 Å². The van der Waals surface area contributed by atoms with Gasteiger partial charge in [0.05, 0.1) is 12.2 Å². The molecule has 1 saturated carbocycles. The molecular weight excluding hydrogens is 174 g/mol. The van der Waals surface area contributed by atoms with Gasteiger partial charge in [-0.05, 0) is 32.7 Å². The van der Waals surface area contributed by atoms with Crippen molar-refractivity contribution in [2.24, 2.45) is 0 Å². The molecule has 1 fully saturated rings. The number of rotatable bonds is 6. The lowest BCUT2D eigenvalue weighted by Gasteiger charge is -2.25. The molecule has 0 radical (unpaired) electrons. The van der Waals surface area contributed by atoms with Crippen molar-refractivity contribution >= 4 is 0 Å². The Balaban J connectivity index is 2.03. The normalized spacial score (nSPS) is 21.0. The zero-order chi connectivity index (χ0) is 10.2. The summed E-state index contributed by atoms with van der Waals surface area (Å²) in [6.07, 6.45) is 8.81. The summed E-state index contributed by atoms with van der Waals surface area (Å²) in [4.78, 5) is 0. The van der Waals surface area contributed by atoms with Gasteiger partial charge in [0.15, 0.2) is 0 Å². The fraction of sp³-hybridized carbons (Fsp3) is 1.00. The Hall–Kier alpha value is -0.0800. The van der Waals surface area contributed by atoms with Crippen LogP contribution in [-0.2, 0) is 4.74 Å². The van der Waals surface area contributed by atoms with Crippen molar-refractivity contribution in [1.29, 1.82) is 0 Å². The second kappa shape index (κ2) is 7.24. The van der Waals surface area contributed by atoms with E-state index in [1.165, 1.54) is 38.5 Å². The molecule has 1 N–H and O–H groups in total. The molecule has 1 atom stereocenters. The highest BCUT2D eigenvalue weighted by molar-refractivity contribution is 4.67. The highest BCUT2D eigenvalue weighted by Crippen LogP contribution is 2.21. The van der Waals surface area contributed by atoms with Crippen LogP contribution in [0.3, 0.4) is 0 Å². The molecule has 1 aliphatic rings. The molecular formula is C12H25NO. The lowest BCUT2D eigenvalue weighted by molar-refractivity contribution is -0.0197. The zero-order valence-corrected chi connectivity index (χ0v) is 9.72. The van der Waals surface area contributed by atoms with Crippen molar-refractivity contribution in [2.75, 3.05) is 13.1 Å². The van der Waals surface area contributed by atoms with Crippen LogP contribution in [0.5, 0.6) is 0 Å². The molecule has 0 bridgehead atoms. The third-order valence-electron chi connectivity index (χ3n) is 2.84. The van der Waals surface area contributed by atoms with Gasteiger partial charge < -0.3 is 10.1 Å². The largest absolute Gasteiger partial charge is 0.374 e. The number of hydrogen-bond acceptors (Lipinski definition) is 2. The van der Waals surface area contributed by atoms with Crippen LogP contribution in [0.2, 0.25) is 0 Å². The molecule has 0 aromatic heterocycles. The maximum Gasteiger partial charge on any atom is 0.0675 e. The van der Waals surface area contributed by atoms with Crippen molar-refractivity contribution < 1.29 is 4.74 Å². The Morgan fingerprint density at radius 1 is 1.29 bits per heavy atom. The quantitative estimate of drug-likeness (QED) is 0.664. The number of hydrogen-bond donors (Lipinski definition) is 1. The summed E-state index contributed by atoms with van der Waals surface area (Å²) in [5, 5.41) is 3.40. The van der Waals surface area contributed by atoms with Crippen LogP contribution in [0.25, 0.3) is 0 Å². The second-order valence-electron chi connectivity index (χ2n) is 4.41. The van der Waals surface area contributed by atoms with Crippen molar-refractivity contribution in [3.8, 4) is 0 Å². The van der Waals surface area contributed by atoms with Gasteiger partial charge in [0.2, 0.25) is 0 Å². The second-order valence-corrected chi connectivity index (χ2v) is 4.41. The fourth-order valence-electron chi connectivity index (χ4n) is 2.06. The van der Waals surface area contributed by atoms with Crippen LogP contribution in [0, 0.1) is 0 Å². The summed E-state index contributed by atoms with van der Waals surface area (Å²) < 4.78 is 5.98. The van der Waals surface area contributed by atoms with E-state index in [4.69, 9.17) is 4.74 Å². The van der Waals surface area contributed by atoms with Crippen LogP contribution in [-0.4, -0.2) is 25.3 Å². The molecule has 2 nitrogen and oxygen atoms in total. The molecule has 0 heterocycles. The van der Waals surface area contributed by atoms with E-state index in [1.807, 2.05) is 0 Å². The Morgan fingerprint density at radius 3 is 2.64 bits per heavy atom. The first-order valence-corrected chi connectivity index (χ1v) is 6.19. The predicted molar refractivity (Wildman–Crippen MR) is 60.6 cm³/mol. The van der Waals surface area contributed by atoms with Crippen LogP contribution in [0.15, 0.2) is 0 Å². The van der Waals surface area contributed by atoms with E-state index in [0.717, 1.165) is 13.1 Å². The molecule has 0 aromatic rings. The molecule has 2 heteroatoms. The lowest BCUT2D eigenvalue weighted by Crippen LogP contribution is -2.31. The van der Waals surface area contributed by atoms with E-state index in [2.05, 4.69) is 19.2 Å². The minimum absolute atomic E-state index is 0.379. The summed E-state index contributed by atoms with van der Waals surface area (Å²) in [7, 11) is 0. The van der Waals surface area contributed by atoms with Gasteiger partial charge in [0, 0.05) is 6.54 Å².